The maximum absolute atomic E-state index is 13.7. The second-order valence-electron chi connectivity index (χ2n) is 9.72. The first-order valence-electron chi connectivity index (χ1n) is 11.6. The molecule has 5 heterocycles. The average molecular weight is 512 g/mol. The van der Waals surface area contributed by atoms with Gasteiger partial charge >= 0.3 is 0 Å². The van der Waals surface area contributed by atoms with E-state index in [-0.39, 0.29) is 11.0 Å². The van der Waals surface area contributed by atoms with E-state index in [1.165, 1.54) is 6.07 Å². The first kappa shape index (κ1) is 23.0. The van der Waals surface area contributed by atoms with E-state index in [2.05, 4.69) is 25.5 Å². The molecule has 0 spiro atoms. The summed E-state index contributed by atoms with van der Waals surface area (Å²) in [5.74, 6) is 0.459. The van der Waals surface area contributed by atoms with Gasteiger partial charge in [0.2, 0.25) is 5.91 Å². The summed E-state index contributed by atoms with van der Waals surface area (Å²) in [6.07, 6.45) is 3.31. The molecule has 0 fully saturated rings. The molecule has 0 saturated heterocycles. The largest absolute Gasteiger partial charge is 0.336 e. The number of aromatic amines is 2. The molecular weight excluding hydrogens is 489 g/mol. The fourth-order valence-corrected chi connectivity index (χ4v) is 4.75. The van der Waals surface area contributed by atoms with Gasteiger partial charge in [0, 0.05) is 27.6 Å². The number of benzene rings is 1. The molecule has 0 aliphatic rings. The van der Waals surface area contributed by atoms with Crippen LogP contribution >= 0.6 is 11.3 Å². The van der Waals surface area contributed by atoms with Crippen LogP contribution in [0.25, 0.3) is 55.3 Å². The number of nitrogens with one attached hydrogen (secondary N) is 3. The normalized spacial score (nSPS) is 11.9. The maximum Gasteiger partial charge on any atom is 0.229 e. The molecule has 1 aromatic carbocycles. The monoisotopic (exact) mass is 511 g/mol. The molecule has 0 bridgehead atoms. The van der Waals surface area contributed by atoms with Gasteiger partial charge in [-0.1, -0.05) is 32.9 Å². The minimum atomic E-state index is -0.525. The zero-order valence-corrected chi connectivity index (χ0v) is 21.1. The van der Waals surface area contributed by atoms with Crippen LogP contribution in [0.5, 0.6) is 0 Å². The molecule has 0 unspecified atom stereocenters. The van der Waals surface area contributed by atoms with Gasteiger partial charge in [-0.15, -0.1) is 11.3 Å². The van der Waals surface area contributed by atoms with Crippen molar-refractivity contribution in [2.24, 2.45) is 5.41 Å². The van der Waals surface area contributed by atoms with Gasteiger partial charge in [0.05, 0.1) is 34.1 Å². The van der Waals surface area contributed by atoms with Crippen LogP contribution in [0.4, 0.5) is 10.1 Å². The van der Waals surface area contributed by atoms with Crippen molar-refractivity contribution in [1.29, 1.82) is 0 Å². The Balaban J connectivity index is 1.40. The summed E-state index contributed by atoms with van der Waals surface area (Å²) >= 11 is 1.08. The fourth-order valence-electron chi connectivity index (χ4n) is 3.99. The van der Waals surface area contributed by atoms with Crippen molar-refractivity contribution in [3.8, 4) is 33.2 Å². The molecule has 0 saturated carbocycles. The maximum atomic E-state index is 13.7. The number of pyridine rings is 2. The van der Waals surface area contributed by atoms with E-state index in [0.717, 1.165) is 43.9 Å². The molecule has 6 rings (SSSR count). The lowest BCUT2D eigenvalue weighted by Gasteiger charge is -2.17. The Morgan fingerprint density at radius 1 is 1.00 bits per heavy atom. The van der Waals surface area contributed by atoms with Crippen LogP contribution in [0, 0.1) is 10.5 Å². The summed E-state index contributed by atoms with van der Waals surface area (Å²) in [5, 5.41) is 10.2. The highest BCUT2D eigenvalue weighted by atomic mass is 32.1. The Kier molecular flexibility index (Phi) is 5.34. The van der Waals surface area contributed by atoms with Crippen molar-refractivity contribution >= 4 is 45.0 Å². The average Bonchev–Trinajstić information content (AvgIpc) is 3.60. The number of halogens is 1. The molecule has 10 heteroatoms. The second-order valence-corrected chi connectivity index (χ2v) is 10.8. The Bertz CT molecular complexity index is 1790. The fraction of sp³-hybridized carbons (Fsp3) is 0.148. The summed E-state index contributed by atoms with van der Waals surface area (Å²) in [6.45, 7) is 5.57. The topological polar surface area (TPSA) is 112 Å². The molecule has 184 valence electrons. The summed E-state index contributed by atoms with van der Waals surface area (Å²) in [4.78, 5) is 30.5. The first-order valence-corrected chi connectivity index (χ1v) is 12.4. The highest BCUT2D eigenvalue weighted by Crippen LogP contribution is 2.34. The summed E-state index contributed by atoms with van der Waals surface area (Å²) < 4.78 is 13.7. The van der Waals surface area contributed by atoms with Gasteiger partial charge in [-0.2, -0.15) is 9.49 Å². The van der Waals surface area contributed by atoms with Gasteiger partial charge in [-0.3, -0.25) is 14.9 Å². The number of aromatic nitrogens is 6. The van der Waals surface area contributed by atoms with E-state index in [4.69, 9.17) is 9.97 Å². The van der Waals surface area contributed by atoms with Crippen LogP contribution in [0.2, 0.25) is 0 Å². The van der Waals surface area contributed by atoms with Crippen LogP contribution in [0.1, 0.15) is 20.8 Å². The number of para-hydroxylation sites is 1. The highest BCUT2D eigenvalue weighted by molar-refractivity contribution is 7.14. The van der Waals surface area contributed by atoms with Crippen molar-refractivity contribution in [1.82, 2.24) is 30.1 Å². The number of hydrogen-bond donors (Lipinski definition) is 3. The third-order valence-electron chi connectivity index (χ3n) is 5.96. The SMILES string of the molecule is CC(C)(C)C(=O)Nc1cncc(-c2ccc3[nH]nc(-c4nc5c(-c6ccc(F)s6)cccc5[nH]4)c3n2)c1. The lowest BCUT2D eigenvalue weighted by atomic mass is 9.95. The molecule has 0 aliphatic carbocycles. The second kappa shape index (κ2) is 8.59. The van der Waals surface area contributed by atoms with E-state index in [9.17, 15) is 9.18 Å². The lowest BCUT2D eigenvalue weighted by molar-refractivity contribution is -0.123. The van der Waals surface area contributed by atoms with Gasteiger partial charge in [0.25, 0.3) is 0 Å². The highest BCUT2D eigenvalue weighted by Gasteiger charge is 2.22. The minimum Gasteiger partial charge on any atom is -0.336 e. The van der Waals surface area contributed by atoms with E-state index in [1.807, 2.05) is 57.2 Å². The Labute approximate surface area is 215 Å². The number of thiophene rings is 1. The number of carbonyl (C=O) groups excluding carboxylic acids is 1. The molecule has 3 N–H and O–H groups in total. The van der Waals surface area contributed by atoms with Crippen molar-refractivity contribution < 1.29 is 9.18 Å². The van der Waals surface area contributed by atoms with Crippen molar-refractivity contribution in [2.75, 3.05) is 5.32 Å². The molecule has 0 aliphatic heterocycles. The number of hydrogen-bond acceptors (Lipinski definition) is 6. The van der Waals surface area contributed by atoms with Gasteiger partial charge in [-0.05, 0) is 36.4 Å². The van der Waals surface area contributed by atoms with Crippen LogP contribution < -0.4 is 5.32 Å². The number of nitrogens with zero attached hydrogens (tertiary/aromatic N) is 4. The standard InChI is InChI=1S/C27H22FN7OS/c1-27(2,3)26(36)30-15-11-14(12-29-13-15)17-7-8-19-23(31-17)24(35-34-19)25-32-18-6-4-5-16(22(18)33-25)20-9-10-21(28)37-20/h4-13H,1-3H3,(H,30,36)(H,32,33)(H,34,35). The number of anilines is 1. The van der Waals surface area contributed by atoms with E-state index in [1.54, 1.807) is 18.5 Å². The smallest absolute Gasteiger partial charge is 0.229 e. The van der Waals surface area contributed by atoms with Crippen LogP contribution in [0.3, 0.4) is 0 Å². The molecule has 6 aromatic rings. The number of rotatable bonds is 4. The lowest BCUT2D eigenvalue weighted by Crippen LogP contribution is -2.27. The quantitative estimate of drug-likeness (QED) is 0.253. The van der Waals surface area contributed by atoms with Gasteiger partial charge in [0.1, 0.15) is 5.52 Å². The van der Waals surface area contributed by atoms with Gasteiger partial charge in [-0.25, -0.2) is 9.97 Å². The number of H-pyrrole nitrogens is 2. The molecule has 1 amide bonds. The first-order chi connectivity index (χ1) is 17.8. The van der Waals surface area contributed by atoms with Crippen LogP contribution in [-0.2, 0) is 4.79 Å². The van der Waals surface area contributed by atoms with Crippen molar-refractivity contribution in [3.63, 3.8) is 0 Å². The number of fused-ring (bicyclic) bond motifs is 2. The summed E-state index contributed by atoms with van der Waals surface area (Å²) in [5.41, 5.74) is 5.88. The third kappa shape index (κ3) is 4.25. The molecule has 8 nitrogen and oxygen atoms in total. The predicted octanol–water partition coefficient (Wildman–Crippen LogP) is 6.42. The Hall–Kier alpha value is -4.44. The molecule has 5 aromatic heterocycles. The van der Waals surface area contributed by atoms with Gasteiger partial charge in [0.15, 0.2) is 16.6 Å². The Morgan fingerprint density at radius 3 is 2.65 bits per heavy atom. The van der Waals surface area contributed by atoms with Crippen molar-refractivity contribution in [3.05, 3.63) is 66.1 Å². The molecule has 0 radical (unpaired) electrons. The van der Waals surface area contributed by atoms with E-state index < -0.39 is 5.41 Å². The summed E-state index contributed by atoms with van der Waals surface area (Å²) in [6, 6.07) is 14.6. The van der Waals surface area contributed by atoms with E-state index >= 15 is 0 Å². The number of imidazole rings is 1. The van der Waals surface area contributed by atoms with Crippen LogP contribution in [0.15, 0.2) is 60.9 Å². The van der Waals surface area contributed by atoms with Gasteiger partial charge < -0.3 is 10.3 Å². The van der Waals surface area contributed by atoms with Crippen LogP contribution in [-0.4, -0.2) is 36.0 Å². The molecular formula is C27H22FN7OS. The molecule has 0 atom stereocenters. The summed E-state index contributed by atoms with van der Waals surface area (Å²) in [7, 11) is 0. The van der Waals surface area contributed by atoms with Crippen molar-refractivity contribution in [2.45, 2.75) is 20.8 Å². The number of amides is 1. The minimum absolute atomic E-state index is 0.0958. The molecule has 37 heavy (non-hydrogen) atoms. The zero-order chi connectivity index (χ0) is 25.7. The van der Waals surface area contributed by atoms with E-state index in [0.29, 0.717) is 28.4 Å². The predicted molar refractivity (Wildman–Crippen MR) is 144 cm³/mol. The number of carbonyl (C=O) groups is 1. The zero-order valence-electron chi connectivity index (χ0n) is 20.3. The Morgan fingerprint density at radius 2 is 1.86 bits per heavy atom. The third-order valence-corrected chi connectivity index (χ3v) is 6.86.